The van der Waals surface area contributed by atoms with Crippen molar-refractivity contribution in [2.24, 2.45) is 0 Å². The summed E-state index contributed by atoms with van der Waals surface area (Å²) in [5, 5.41) is 0. The van der Waals surface area contributed by atoms with Crippen molar-refractivity contribution in [2.45, 2.75) is 82.4 Å². The number of carbonyl (C=O) groups is 4. The van der Waals surface area contributed by atoms with E-state index in [0.29, 0.717) is 16.2 Å². The Balaban J connectivity index is 1.79. The molecule has 0 aliphatic carbocycles. The first-order valence-corrected chi connectivity index (χ1v) is 14.7. The van der Waals surface area contributed by atoms with Crippen molar-refractivity contribution in [3.05, 3.63) is 64.7 Å². The zero-order chi connectivity index (χ0) is 29.8. The van der Waals surface area contributed by atoms with E-state index < -0.39 is 65.2 Å². The molecule has 0 bridgehead atoms. The molecule has 1 fully saturated rings. The van der Waals surface area contributed by atoms with Crippen LogP contribution in [0.1, 0.15) is 68.9 Å². The summed E-state index contributed by atoms with van der Waals surface area (Å²) in [5.41, 5.74) is 3.63. The first-order chi connectivity index (χ1) is 19.5. The summed E-state index contributed by atoms with van der Waals surface area (Å²) < 4.78 is 41.2. The predicted molar refractivity (Wildman–Crippen MR) is 146 cm³/mol. The van der Waals surface area contributed by atoms with Crippen molar-refractivity contribution >= 4 is 34.7 Å². The Labute approximate surface area is 241 Å². The van der Waals surface area contributed by atoms with E-state index in [4.69, 9.17) is 23.7 Å². The number of ether oxygens (including phenoxy) is 5. The van der Waals surface area contributed by atoms with Crippen molar-refractivity contribution < 1.29 is 47.1 Å². The Hall–Kier alpha value is -3.57. The summed E-state index contributed by atoms with van der Waals surface area (Å²) in [6, 6.07) is 13.5. The molecule has 2 aromatic carbocycles. The Bertz CT molecular complexity index is 1340. The summed E-state index contributed by atoms with van der Waals surface area (Å²) in [7, 11) is -1.22. The summed E-state index contributed by atoms with van der Waals surface area (Å²) in [6.07, 6.45) is -4.86. The van der Waals surface area contributed by atoms with E-state index in [9.17, 15) is 23.4 Å². The lowest BCUT2D eigenvalue weighted by molar-refractivity contribution is -0.254. The highest BCUT2D eigenvalue weighted by molar-refractivity contribution is 7.85. The summed E-state index contributed by atoms with van der Waals surface area (Å²) in [4.78, 5) is 48.7. The molecule has 11 heteroatoms. The molecular formula is C30H34O10S. The maximum atomic E-state index is 13.0. The Morgan fingerprint density at radius 2 is 1.39 bits per heavy atom. The zero-order valence-corrected chi connectivity index (χ0v) is 24.4. The molecule has 0 saturated carbocycles. The van der Waals surface area contributed by atoms with Crippen LogP contribution < -0.4 is 0 Å². The van der Waals surface area contributed by atoms with E-state index in [1.165, 1.54) is 33.3 Å². The van der Waals surface area contributed by atoms with E-state index in [0.717, 1.165) is 17.5 Å². The average molecular weight is 587 g/mol. The molecule has 2 aliphatic heterocycles. The highest BCUT2D eigenvalue weighted by Gasteiger charge is 2.52. The van der Waals surface area contributed by atoms with Crippen LogP contribution in [0.4, 0.5) is 0 Å². The SMILES string of the molecule is CCc1ccc(C2CS(=O)c3ccc(C4OC(COC(C)=O)C(OC(C)=O)C(OC(C)=O)C4OC(C)=O)cc32)cc1. The third-order valence-corrected chi connectivity index (χ3v) is 8.58. The average Bonchev–Trinajstić information content (AvgIpc) is 3.24. The van der Waals surface area contributed by atoms with E-state index in [1.807, 2.05) is 18.2 Å². The van der Waals surface area contributed by atoms with Crippen LogP contribution in [0, 0.1) is 0 Å². The van der Waals surface area contributed by atoms with Gasteiger partial charge < -0.3 is 23.7 Å². The molecule has 0 spiro atoms. The van der Waals surface area contributed by atoms with Crippen molar-refractivity contribution in [3.63, 3.8) is 0 Å². The van der Waals surface area contributed by atoms with E-state index >= 15 is 0 Å². The fraction of sp³-hybridized carbons (Fsp3) is 0.467. The third kappa shape index (κ3) is 7.02. The minimum absolute atomic E-state index is 0.137. The molecular weight excluding hydrogens is 552 g/mol. The molecule has 10 nitrogen and oxygen atoms in total. The molecule has 0 N–H and O–H groups in total. The molecule has 2 aliphatic rings. The van der Waals surface area contributed by atoms with Gasteiger partial charge in [0, 0.05) is 44.3 Å². The fourth-order valence-corrected chi connectivity index (χ4v) is 6.85. The second-order valence-electron chi connectivity index (χ2n) is 10.1. The van der Waals surface area contributed by atoms with Crippen molar-refractivity contribution in [3.8, 4) is 0 Å². The van der Waals surface area contributed by atoms with Crippen LogP contribution in [0.3, 0.4) is 0 Å². The van der Waals surface area contributed by atoms with Gasteiger partial charge in [-0.1, -0.05) is 43.3 Å². The van der Waals surface area contributed by atoms with Gasteiger partial charge in [-0.2, -0.15) is 0 Å². The van der Waals surface area contributed by atoms with E-state index in [1.54, 1.807) is 12.1 Å². The normalized spacial score (nSPS) is 26.9. The van der Waals surface area contributed by atoms with Crippen LogP contribution in [0.2, 0.25) is 0 Å². The summed E-state index contributed by atoms with van der Waals surface area (Å²) in [5.74, 6) is -2.37. The minimum Gasteiger partial charge on any atom is -0.463 e. The predicted octanol–water partition coefficient (Wildman–Crippen LogP) is 3.30. The molecule has 7 atom stereocenters. The second-order valence-corrected chi connectivity index (χ2v) is 11.5. The highest BCUT2D eigenvalue weighted by atomic mass is 32.2. The maximum absolute atomic E-state index is 13.0. The van der Waals surface area contributed by atoms with Gasteiger partial charge in [0.1, 0.15) is 18.8 Å². The number of aryl methyl sites for hydroxylation is 1. The van der Waals surface area contributed by atoms with Crippen LogP contribution in [0.5, 0.6) is 0 Å². The first kappa shape index (κ1) is 30.4. The lowest BCUT2D eigenvalue weighted by atomic mass is 9.87. The molecule has 41 heavy (non-hydrogen) atoms. The van der Waals surface area contributed by atoms with Gasteiger partial charge in [-0.05, 0) is 34.7 Å². The number of esters is 4. The van der Waals surface area contributed by atoms with Crippen LogP contribution in [-0.2, 0) is 60.1 Å². The van der Waals surface area contributed by atoms with Gasteiger partial charge in [0.25, 0.3) is 0 Å². The third-order valence-electron chi connectivity index (χ3n) is 7.08. The van der Waals surface area contributed by atoms with Gasteiger partial charge >= 0.3 is 23.9 Å². The van der Waals surface area contributed by atoms with E-state index in [-0.39, 0.29) is 12.5 Å². The Morgan fingerprint density at radius 3 is 1.98 bits per heavy atom. The van der Waals surface area contributed by atoms with Crippen LogP contribution in [0.25, 0.3) is 0 Å². The van der Waals surface area contributed by atoms with Crippen molar-refractivity contribution in [1.29, 1.82) is 0 Å². The number of fused-ring (bicyclic) bond motifs is 1. The lowest BCUT2D eigenvalue weighted by Gasteiger charge is -2.44. The van der Waals surface area contributed by atoms with Gasteiger partial charge in [-0.3, -0.25) is 23.4 Å². The Morgan fingerprint density at radius 1 is 0.805 bits per heavy atom. The van der Waals surface area contributed by atoms with Crippen molar-refractivity contribution in [2.75, 3.05) is 12.4 Å². The highest BCUT2D eigenvalue weighted by Crippen LogP contribution is 2.42. The molecule has 1 saturated heterocycles. The topological polar surface area (TPSA) is 132 Å². The van der Waals surface area contributed by atoms with Gasteiger partial charge in [0.2, 0.25) is 0 Å². The Kier molecular flexibility index (Phi) is 9.60. The zero-order valence-electron chi connectivity index (χ0n) is 23.6. The van der Waals surface area contributed by atoms with Gasteiger partial charge in [-0.25, -0.2) is 0 Å². The van der Waals surface area contributed by atoms with Crippen LogP contribution >= 0.6 is 0 Å². The molecule has 7 unspecified atom stereocenters. The molecule has 0 aromatic heterocycles. The monoisotopic (exact) mass is 586 g/mol. The van der Waals surface area contributed by atoms with Crippen LogP contribution in [-0.4, -0.2) is 64.9 Å². The standard InChI is InChI=1S/C30H34O10S/c1-6-20-7-9-21(10-8-20)24-15-41(35)26-12-11-22(13-23(24)26)27-29(38-18(4)33)30(39-19(5)34)28(37-17(3)32)25(40-27)14-36-16(2)31/h7-13,24-25,27-30H,6,14-15H2,1-5H3. The molecule has 2 heterocycles. The van der Waals surface area contributed by atoms with E-state index in [2.05, 4.69) is 19.1 Å². The minimum atomic E-state index is -1.26. The van der Waals surface area contributed by atoms with Crippen molar-refractivity contribution in [1.82, 2.24) is 0 Å². The number of benzene rings is 2. The quantitative estimate of drug-likeness (QED) is 0.335. The number of hydrogen-bond donors (Lipinski definition) is 0. The molecule has 4 rings (SSSR count). The number of rotatable bonds is 8. The second kappa shape index (κ2) is 12.9. The molecule has 220 valence electrons. The number of hydrogen-bond acceptors (Lipinski definition) is 10. The lowest BCUT2D eigenvalue weighted by Crippen LogP contribution is -2.59. The largest absolute Gasteiger partial charge is 0.463 e. The number of carbonyl (C=O) groups excluding carboxylic acids is 4. The smallest absolute Gasteiger partial charge is 0.303 e. The summed E-state index contributed by atoms with van der Waals surface area (Å²) >= 11 is 0. The molecule has 2 aromatic rings. The molecule has 0 radical (unpaired) electrons. The molecule has 0 amide bonds. The summed E-state index contributed by atoms with van der Waals surface area (Å²) in [6.45, 7) is 6.55. The maximum Gasteiger partial charge on any atom is 0.303 e. The first-order valence-electron chi connectivity index (χ1n) is 13.4. The van der Waals surface area contributed by atoms with Gasteiger partial charge in [0.05, 0.1) is 10.8 Å². The fourth-order valence-electron chi connectivity index (χ4n) is 5.31. The van der Waals surface area contributed by atoms with Gasteiger partial charge in [-0.15, -0.1) is 0 Å². The van der Waals surface area contributed by atoms with Gasteiger partial charge in [0.15, 0.2) is 18.3 Å². The van der Waals surface area contributed by atoms with Crippen LogP contribution in [0.15, 0.2) is 47.4 Å².